The van der Waals surface area contributed by atoms with E-state index >= 15 is 0 Å². The molecule has 1 saturated heterocycles. The molecule has 0 aliphatic carbocycles. The number of carbonyl (C=O) groups excluding carboxylic acids is 1. The molecular formula is C14H18Cl2N2O3. The van der Waals surface area contributed by atoms with Crippen LogP contribution in [0.1, 0.15) is 18.6 Å². The van der Waals surface area contributed by atoms with Crippen LogP contribution in [0.3, 0.4) is 0 Å². The van der Waals surface area contributed by atoms with Gasteiger partial charge in [0.25, 0.3) is 0 Å². The van der Waals surface area contributed by atoms with Crippen molar-refractivity contribution in [3.05, 3.63) is 33.8 Å². The highest BCUT2D eigenvalue weighted by molar-refractivity contribution is 6.34. The third-order valence-electron chi connectivity index (χ3n) is 3.34. The maximum atomic E-state index is 12.1. The van der Waals surface area contributed by atoms with Gasteiger partial charge in [0.1, 0.15) is 6.04 Å². The molecule has 0 aromatic heterocycles. The van der Waals surface area contributed by atoms with E-state index in [2.05, 4.69) is 10.6 Å². The van der Waals surface area contributed by atoms with E-state index in [0.717, 1.165) is 0 Å². The van der Waals surface area contributed by atoms with Gasteiger partial charge in [-0.1, -0.05) is 23.2 Å². The Morgan fingerprint density at radius 2 is 2.14 bits per heavy atom. The topological polar surface area (TPSA) is 70.6 Å². The number of aliphatic hydroxyl groups is 1. The summed E-state index contributed by atoms with van der Waals surface area (Å²) in [5.74, 6) is -0.200. The molecule has 0 saturated carbocycles. The molecule has 1 amide bonds. The van der Waals surface area contributed by atoms with Crippen LogP contribution in [0, 0.1) is 0 Å². The summed E-state index contributed by atoms with van der Waals surface area (Å²) in [6, 6.07) is 4.42. The first-order valence-electron chi connectivity index (χ1n) is 6.74. The molecule has 1 unspecified atom stereocenters. The quantitative estimate of drug-likeness (QED) is 0.781. The van der Waals surface area contributed by atoms with Gasteiger partial charge in [-0.2, -0.15) is 0 Å². The zero-order valence-electron chi connectivity index (χ0n) is 11.6. The van der Waals surface area contributed by atoms with Crippen LogP contribution >= 0.6 is 23.2 Å². The number of aliphatic hydroxyl groups excluding tert-OH is 1. The van der Waals surface area contributed by atoms with Crippen LogP contribution < -0.4 is 10.6 Å². The molecule has 0 bridgehead atoms. The first kappa shape index (κ1) is 16.5. The van der Waals surface area contributed by atoms with Crippen LogP contribution in [0.5, 0.6) is 0 Å². The van der Waals surface area contributed by atoms with Crippen LogP contribution in [-0.4, -0.2) is 42.9 Å². The number of halogens is 2. The lowest BCUT2D eigenvalue weighted by Crippen LogP contribution is -2.55. The Bertz CT molecular complexity index is 493. The summed E-state index contributed by atoms with van der Waals surface area (Å²) in [5.41, 5.74) is 0.564. The highest BCUT2D eigenvalue weighted by Gasteiger charge is 2.28. The predicted octanol–water partition coefficient (Wildman–Crippen LogP) is 1.52. The molecular weight excluding hydrogens is 315 g/mol. The maximum Gasteiger partial charge on any atom is 0.239 e. The molecule has 3 atom stereocenters. The van der Waals surface area contributed by atoms with Crippen molar-refractivity contribution in [1.82, 2.24) is 10.6 Å². The van der Waals surface area contributed by atoms with E-state index in [0.29, 0.717) is 28.8 Å². The Hall–Kier alpha value is -0.850. The molecule has 1 aliphatic rings. The Kier molecular flexibility index (Phi) is 5.84. The highest BCUT2D eigenvalue weighted by Crippen LogP contribution is 2.23. The van der Waals surface area contributed by atoms with Crippen LogP contribution in [0.2, 0.25) is 10.0 Å². The Morgan fingerprint density at radius 3 is 2.76 bits per heavy atom. The first-order chi connectivity index (χ1) is 9.97. The summed E-state index contributed by atoms with van der Waals surface area (Å²) in [5, 5.41) is 16.8. The van der Waals surface area contributed by atoms with Crippen molar-refractivity contribution >= 4 is 29.1 Å². The number of amides is 1. The van der Waals surface area contributed by atoms with Gasteiger partial charge in [0.15, 0.2) is 0 Å². The third kappa shape index (κ3) is 4.56. The van der Waals surface area contributed by atoms with Crippen LogP contribution in [0.4, 0.5) is 0 Å². The van der Waals surface area contributed by atoms with Gasteiger partial charge in [0.05, 0.1) is 18.8 Å². The fraction of sp³-hybridized carbons (Fsp3) is 0.500. The van der Waals surface area contributed by atoms with Gasteiger partial charge in [-0.15, -0.1) is 0 Å². The molecule has 0 radical (unpaired) electrons. The zero-order chi connectivity index (χ0) is 15.4. The average Bonchev–Trinajstić information content (AvgIpc) is 2.43. The summed E-state index contributed by atoms with van der Waals surface area (Å²) >= 11 is 11.8. The van der Waals surface area contributed by atoms with E-state index in [-0.39, 0.29) is 18.6 Å². The molecule has 21 heavy (non-hydrogen) atoms. The number of morpholine rings is 1. The monoisotopic (exact) mass is 332 g/mol. The van der Waals surface area contributed by atoms with Gasteiger partial charge in [0.2, 0.25) is 5.91 Å². The normalized spacial score (nSPS) is 23.6. The lowest BCUT2D eigenvalue weighted by molar-refractivity contribution is -0.129. The molecule has 116 valence electrons. The second-order valence-corrected chi connectivity index (χ2v) is 5.84. The predicted molar refractivity (Wildman–Crippen MR) is 81.6 cm³/mol. The number of ether oxygens (including phenoxy) is 1. The summed E-state index contributed by atoms with van der Waals surface area (Å²) in [6.45, 7) is 3.15. The molecule has 3 N–H and O–H groups in total. The Balaban J connectivity index is 1.91. The Morgan fingerprint density at radius 1 is 1.48 bits per heavy atom. The summed E-state index contributed by atoms with van der Waals surface area (Å²) in [6.07, 6.45) is -1.07. The van der Waals surface area contributed by atoms with Crippen molar-refractivity contribution in [1.29, 1.82) is 0 Å². The number of nitrogens with one attached hydrogen (secondary N) is 2. The highest BCUT2D eigenvalue weighted by atomic mass is 35.5. The largest absolute Gasteiger partial charge is 0.387 e. The van der Waals surface area contributed by atoms with Crippen molar-refractivity contribution in [3.63, 3.8) is 0 Å². The molecule has 1 aromatic rings. The number of benzene rings is 1. The first-order valence-corrected chi connectivity index (χ1v) is 7.49. The molecule has 5 nitrogen and oxygen atoms in total. The van der Waals surface area contributed by atoms with Crippen molar-refractivity contribution in [2.75, 3.05) is 19.7 Å². The van der Waals surface area contributed by atoms with Crippen molar-refractivity contribution in [3.8, 4) is 0 Å². The second-order valence-electron chi connectivity index (χ2n) is 4.97. The van der Waals surface area contributed by atoms with E-state index in [1.807, 2.05) is 6.92 Å². The minimum Gasteiger partial charge on any atom is -0.387 e. The SMILES string of the molecule is C[C@H]1OCCN[C@@H]1C(=O)NCC(O)c1cc(Cl)cc(Cl)c1. The van der Waals surface area contributed by atoms with E-state index in [4.69, 9.17) is 27.9 Å². The minimum absolute atomic E-state index is 0.0837. The smallest absolute Gasteiger partial charge is 0.239 e. The third-order valence-corrected chi connectivity index (χ3v) is 3.77. The van der Waals surface area contributed by atoms with Crippen molar-refractivity contribution in [2.24, 2.45) is 0 Å². The maximum absolute atomic E-state index is 12.1. The summed E-state index contributed by atoms with van der Waals surface area (Å²) < 4.78 is 5.41. The fourth-order valence-corrected chi connectivity index (χ4v) is 2.76. The molecule has 1 fully saturated rings. The molecule has 1 heterocycles. The molecule has 7 heteroatoms. The average molecular weight is 333 g/mol. The van der Waals surface area contributed by atoms with Gasteiger partial charge in [0, 0.05) is 23.1 Å². The standard InChI is InChI=1S/C14H18Cl2N2O3/c1-8-13(17-2-3-21-8)14(20)18-7-12(19)9-4-10(15)6-11(16)5-9/h4-6,8,12-13,17,19H,2-3,7H2,1H3,(H,18,20)/t8-,12?,13+/m1/s1. The number of rotatable bonds is 4. The zero-order valence-corrected chi connectivity index (χ0v) is 13.1. The number of hydrogen-bond acceptors (Lipinski definition) is 4. The minimum atomic E-state index is -0.870. The molecule has 1 aromatic carbocycles. The van der Waals surface area contributed by atoms with E-state index in [9.17, 15) is 9.90 Å². The summed E-state index contributed by atoms with van der Waals surface area (Å²) in [4.78, 5) is 12.1. The van der Waals surface area contributed by atoms with Gasteiger partial charge in [-0.25, -0.2) is 0 Å². The van der Waals surface area contributed by atoms with Gasteiger partial charge >= 0.3 is 0 Å². The van der Waals surface area contributed by atoms with E-state index in [1.165, 1.54) is 0 Å². The van der Waals surface area contributed by atoms with Crippen LogP contribution in [0.25, 0.3) is 0 Å². The lowest BCUT2D eigenvalue weighted by Gasteiger charge is -2.29. The molecule has 1 aliphatic heterocycles. The fourth-order valence-electron chi connectivity index (χ4n) is 2.22. The van der Waals surface area contributed by atoms with E-state index in [1.54, 1.807) is 18.2 Å². The second kappa shape index (κ2) is 7.42. The molecule has 2 rings (SSSR count). The van der Waals surface area contributed by atoms with Crippen molar-refractivity contribution in [2.45, 2.75) is 25.2 Å². The van der Waals surface area contributed by atoms with Crippen molar-refractivity contribution < 1.29 is 14.6 Å². The lowest BCUT2D eigenvalue weighted by atomic mass is 10.1. The summed E-state index contributed by atoms with van der Waals surface area (Å²) in [7, 11) is 0. The van der Waals surface area contributed by atoms with Gasteiger partial charge in [-0.05, 0) is 30.7 Å². The van der Waals surface area contributed by atoms with Gasteiger partial charge in [-0.3, -0.25) is 4.79 Å². The Labute approximate surface area is 133 Å². The van der Waals surface area contributed by atoms with Gasteiger partial charge < -0.3 is 20.5 Å². The van der Waals surface area contributed by atoms with Crippen LogP contribution in [-0.2, 0) is 9.53 Å². The van der Waals surface area contributed by atoms with Crippen LogP contribution in [0.15, 0.2) is 18.2 Å². The number of carbonyl (C=O) groups is 1. The molecule has 0 spiro atoms. The van der Waals surface area contributed by atoms with E-state index < -0.39 is 12.1 Å². The number of hydrogen-bond donors (Lipinski definition) is 3.